The highest BCUT2D eigenvalue weighted by molar-refractivity contribution is 9.10. The van der Waals surface area contributed by atoms with Crippen molar-refractivity contribution in [1.82, 2.24) is 19.2 Å². The summed E-state index contributed by atoms with van der Waals surface area (Å²) in [5.41, 5.74) is 1.61. The van der Waals surface area contributed by atoms with Gasteiger partial charge in [0, 0.05) is 49.1 Å². The van der Waals surface area contributed by atoms with E-state index in [9.17, 15) is 9.59 Å². The lowest BCUT2D eigenvalue weighted by Gasteiger charge is -2.20. The first-order valence-corrected chi connectivity index (χ1v) is 7.77. The molecule has 0 spiro atoms. The summed E-state index contributed by atoms with van der Waals surface area (Å²) >= 11 is 3.40. The van der Waals surface area contributed by atoms with Crippen LogP contribution in [0.1, 0.15) is 28.5 Å². The minimum Gasteiger partial charge on any atom is -0.334 e. The van der Waals surface area contributed by atoms with Crippen LogP contribution in [0, 0.1) is 6.92 Å². The Hall–Kier alpha value is -1.89. The molecule has 1 amide bonds. The van der Waals surface area contributed by atoms with E-state index in [-0.39, 0.29) is 17.0 Å². The van der Waals surface area contributed by atoms with Gasteiger partial charge < -0.3 is 9.47 Å². The summed E-state index contributed by atoms with van der Waals surface area (Å²) in [4.78, 5) is 26.7. The molecule has 0 saturated carbocycles. The van der Waals surface area contributed by atoms with E-state index in [0.717, 1.165) is 15.7 Å². The van der Waals surface area contributed by atoms with Crippen LogP contribution in [0.15, 0.2) is 27.7 Å². The first-order chi connectivity index (χ1) is 10.3. The van der Waals surface area contributed by atoms with Crippen molar-refractivity contribution in [2.45, 2.75) is 20.4 Å². The summed E-state index contributed by atoms with van der Waals surface area (Å²) < 4.78 is 3.92. The molecule has 0 aliphatic heterocycles. The van der Waals surface area contributed by atoms with Gasteiger partial charge in [-0.15, -0.1) is 0 Å². The van der Waals surface area contributed by atoms with Crippen LogP contribution in [0.2, 0.25) is 0 Å². The van der Waals surface area contributed by atoms with E-state index in [0.29, 0.717) is 13.1 Å². The standard InChI is InChI=1S/C15H19BrN4O2/c1-5-20(9-11-7-17-18(3)8-11)15(22)12-6-13(16)10(2)19(4)14(12)21/h6-8H,5,9H2,1-4H3. The third kappa shape index (κ3) is 3.14. The molecule has 0 aromatic carbocycles. The fraction of sp³-hybridized carbons (Fsp3) is 0.400. The van der Waals surface area contributed by atoms with Crippen LogP contribution in [0.5, 0.6) is 0 Å². The molecule has 2 aromatic rings. The third-order valence-corrected chi connectivity index (χ3v) is 4.49. The van der Waals surface area contributed by atoms with E-state index >= 15 is 0 Å². The molecule has 0 fully saturated rings. The number of halogens is 1. The van der Waals surface area contributed by atoms with Crippen LogP contribution in [0.25, 0.3) is 0 Å². The van der Waals surface area contributed by atoms with Crippen molar-refractivity contribution in [3.8, 4) is 0 Å². The predicted molar refractivity (Wildman–Crippen MR) is 87.7 cm³/mol. The average Bonchev–Trinajstić information content (AvgIpc) is 2.91. The fourth-order valence-corrected chi connectivity index (χ4v) is 2.71. The van der Waals surface area contributed by atoms with Crippen LogP contribution >= 0.6 is 15.9 Å². The van der Waals surface area contributed by atoms with Crippen molar-refractivity contribution in [2.24, 2.45) is 14.1 Å². The molecule has 0 bridgehead atoms. The normalized spacial score (nSPS) is 10.8. The molecule has 0 N–H and O–H groups in total. The predicted octanol–water partition coefficient (Wildman–Crippen LogP) is 1.85. The molecule has 22 heavy (non-hydrogen) atoms. The second kappa shape index (κ2) is 6.48. The van der Waals surface area contributed by atoms with Crippen LogP contribution in [-0.4, -0.2) is 31.7 Å². The Morgan fingerprint density at radius 3 is 2.64 bits per heavy atom. The van der Waals surface area contributed by atoms with E-state index in [1.54, 1.807) is 28.9 Å². The van der Waals surface area contributed by atoms with Crippen molar-refractivity contribution >= 4 is 21.8 Å². The van der Waals surface area contributed by atoms with Gasteiger partial charge in [-0.05, 0) is 35.8 Å². The maximum absolute atomic E-state index is 12.7. The van der Waals surface area contributed by atoms with Gasteiger partial charge in [0.15, 0.2) is 0 Å². The van der Waals surface area contributed by atoms with E-state index in [2.05, 4.69) is 21.0 Å². The third-order valence-electron chi connectivity index (χ3n) is 3.69. The number of amides is 1. The Morgan fingerprint density at radius 2 is 2.09 bits per heavy atom. The molecular formula is C15H19BrN4O2. The number of aryl methyl sites for hydroxylation is 1. The first-order valence-electron chi connectivity index (χ1n) is 6.98. The number of carbonyl (C=O) groups is 1. The molecule has 118 valence electrons. The van der Waals surface area contributed by atoms with Crippen molar-refractivity contribution in [3.05, 3.63) is 50.1 Å². The average molecular weight is 367 g/mol. The Labute approximate surface area is 137 Å². The van der Waals surface area contributed by atoms with Gasteiger partial charge in [0.25, 0.3) is 11.5 Å². The maximum Gasteiger partial charge on any atom is 0.263 e. The number of hydrogen-bond donors (Lipinski definition) is 0. The Kier molecular flexibility index (Phi) is 4.85. The molecule has 2 rings (SSSR count). The number of hydrogen-bond acceptors (Lipinski definition) is 3. The summed E-state index contributed by atoms with van der Waals surface area (Å²) in [5.74, 6) is -0.271. The lowest BCUT2D eigenvalue weighted by atomic mass is 10.2. The van der Waals surface area contributed by atoms with Gasteiger partial charge >= 0.3 is 0 Å². The van der Waals surface area contributed by atoms with E-state index in [4.69, 9.17) is 0 Å². The topological polar surface area (TPSA) is 60.1 Å². The van der Waals surface area contributed by atoms with Crippen LogP contribution in [0.3, 0.4) is 0 Å². The number of pyridine rings is 1. The molecule has 0 radical (unpaired) electrons. The van der Waals surface area contributed by atoms with E-state index in [1.807, 2.05) is 27.1 Å². The van der Waals surface area contributed by atoms with Gasteiger partial charge in [0.1, 0.15) is 5.56 Å². The number of aromatic nitrogens is 3. The quantitative estimate of drug-likeness (QED) is 0.829. The molecule has 2 aromatic heterocycles. The minimum absolute atomic E-state index is 0.172. The zero-order valence-electron chi connectivity index (χ0n) is 13.1. The molecular weight excluding hydrogens is 348 g/mol. The van der Waals surface area contributed by atoms with Gasteiger partial charge in [-0.25, -0.2) is 0 Å². The minimum atomic E-state index is -0.282. The monoisotopic (exact) mass is 366 g/mol. The fourth-order valence-electron chi connectivity index (χ4n) is 2.21. The van der Waals surface area contributed by atoms with Gasteiger partial charge in [-0.3, -0.25) is 14.3 Å². The largest absolute Gasteiger partial charge is 0.334 e. The molecule has 0 aliphatic carbocycles. The summed E-state index contributed by atoms with van der Waals surface area (Å²) in [5, 5.41) is 4.10. The highest BCUT2D eigenvalue weighted by Crippen LogP contribution is 2.16. The first kappa shape index (κ1) is 16.5. The Balaban J connectivity index is 2.35. The number of carbonyl (C=O) groups excluding carboxylic acids is 1. The second-order valence-corrected chi connectivity index (χ2v) is 6.05. The lowest BCUT2D eigenvalue weighted by Crippen LogP contribution is -2.36. The van der Waals surface area contributed by atoms with Crippen LogP contribution in [-0.2, 0) is 20.6 Å². The zero-order chi connectivity index (χ0) is 16.4. The Morgan fingerprint density at radius 1 is 1.41 bits per heavy atom. The number of rotatable bonds is 4. The second-order valence-electron chi connectivity index (χ2n) is 5.20. The van der Waals surface area contributed by atoms with Crippen LogP contribution < -0.4 is 5.56 Å². The highest BCUT2D eigenvalue weighted by Gasteiger charge is 2.20. The smallest absolute Gasteiger partial charge is 0.263 e. The highest BCUT2D eigenvalue weighted by atomic mass is 79.9. The molecule has 6 nitrogen and oxygen atoms in total. The van der Waals surface area contributed by atoms with Crippen molar-refractivity contribution < 1.29 is 4.79 Å². The number of nitrogens with zero attached hydrogens (tertiary/aromatic N) is 4. The summed E-state index contributed by atoms with van der Waals surface area (Å²) in [6.07, 6.45) is 3.58. The van der Waals surface area contributed by atoms with E-state index in [1.165, 1.54) is 4.57 Å². The van der Waals surface area contributed by atoms with Crippen molar-refractivity contribution in [3.63, 3.8) is 0 Å². The summed E-state index contributed by atoms with van der Waals surface area (Å²) in [7, 11) is 3.49. The molecule has 0 saturated heterocycles. The molecule has 0 aliphatic rings. The molecule has 2 heterocycles. The molecule has 0 unspecified atom stereocenters. The van der Waals surface area contributed by atoms with Gasteiger partial charge in [-0.1, -0.05) is 0 Å². The van der Waals surface area contributed by atoms with Crippen molar-refractivity contribution in [1.29, 1.82) is 0 Å². The van der Waals surface area contributed by atoms with Gasteiger partial charge in [0.05, 0.1) is 6.20 Å². The van der Waals surface area contributed by atoms with Gasteiger partial charge in [-0.2, -0.15) is 5.10 Å². The molecule has 7 heteroatoms. The lowest BCUT2D eigenvalue weighted by molar-refractivity contribution is 0.0750. The summed E-state index contributed by atoms with van der Waals surface area (Å²) in [6.45, 7) is 4.66. The summed E-state index contributed by atoms with van der Waals surface area (Å²) in [6, 6.07) is 1.60. The Bertz CT molecular complexity index is 763. The molecule has 0 atom stereocenters. The maximum atomic E-state index is 12.7. The van der Waals surface area contributed by atoms with Crippen LogP contribution in [0.4, 0.5) is 0 Å². The van der Waals surface area contributed by atoms with E-state index < -0.39 is 0 Å². The van der Waals surface area contributed by atoms with Gasteiger partial charge in [0.2, 0.25) is 0 Å². The van der Waals surface area contributed by atoms with Crippen molar-refractivity contribution in [2.75, 3.05) is 6.54 Å². The SMILES string of the molecule is CCN(Cc1cnn(C)c1)C(=O)c1cc(Br)c(C)n(C)c1=O. The zero-order valence-corrected chi connectivity index (χ0v) is 14.7.